The Morgan fingerprint density at radius 1 is 1.22 bits per heavy atom. The summed E-state index contributed by atoms with van der Waals surface area (Å²) in [4.78, 5) is 12.9. The molecule has 3 rings (SSSR count). The van der Waals surface area contributed by atoms with Gasteiger partial charge in [-0.3, -0.25) is 9.36 Å². The van der Waals surface area contributed by atoms with E-state index in [-0.39, 0.29) is 27.9 Å². The topological polar surface area (TPSA) is 48.5 Å². The summed E-state index contributed by atoms with van der Waals surface area (Å²) in [5, 5.41) is 4.37. The van der Waals surface area contributed by atoms with Crippen LogP contribution in [0.25, 0.3) is 16.9 Å². The number of halogens is 4. The minimum absolute atomic E-state index is 0.0669. The quantitative estimate of drug-likeness (QED) is 0.647. The monoisotopic (exact) mass is 399 g/mol. The lowest BCUT2D eigenvalue weighted by Gasteiger charge is -2.13. The molecule has 0 atom stereocenters. The van der Waals surface area contributed by atoms with E-state index in [2.05, 4.69) is 9.84 Å². The summed E-state index contributed by atoms with van der Waals surface area (Å²) in [5.74, 6) is -1.49. The van der Waals surface area contributed by atoms with Gasteiger partial charge in [-0.05, 0) is 30.5 Å². The van der Waals surface area contributed by atoms with Gasteiger partial charge in [-0.1, -0.05) is 25.4 Å². The van der Waals surface area contributed by atoms with Crippen LogP contribution in [0.5, 0.6) is 5.75 Å². The van der Waals surface area contributed by atoms with Crippen molar-refractivity contribution in [1.82, 2.24) is 14.2 Å². The van der Waals surface area contributed by atoms with Crippen molar-refractivity contribution in [1.29, 1.82) is 0 Å². The summed E-state index contributed by atoms with van der Waals surface area (Å²) in [6.45, 7) is 2.56. The zero-order valence-corrected chi connectivity index (χ0v) is 15.8. The second-order valence-electron chi connectivity index (χ2n) is 6.48. The Labute approximate surface area is 157 Å². The summed E-state index contributed by atoms with van der Waals surface area (Å²) in [6, 6.07) is 3.74. The normalized spacial score (nSPS) is 11.8. The molecule has 1 aromatic carbocycles. The molecular weight excluding hydrogens is 383 g/mol. The van der Waals surface area contributed by atoms with Gasteiger partial charge in [0.2, 0.25) is 0 Å². The second kappa shape index (κ2) is 6.92. The number of nitrogens with zero attached hydrogens (tertiary/aromatic N) is 3. The van der Waals surface area contributed by atoms with E-state index in [0.29, 0.717) is 5.52 Å². The number of benzene rings is 1. The molecule has 2 aromatic heterocycles. The first-order valence-electron chi connectivity index (χ1n) is 8.15. The van der Waals surface area contributed by atoms with E-state index in [1.54, 1.807) is 6.92 Å². The van der Waals surface area contributed by atoms with E-state index >= 15 is 0 Å². The molecule has 2 heterocycles. The molecule has 144 valence electrons. The summed E-state index contributed by atoms with van der Waals surface area (Å²) in [6.07, 6.45) is 0. The van der Waals surface area contributed by atoms with E-state index in [1.165, 1.54) is 16.1 Å². The maximum absolute atomic E-state index is 14.2. The first kappa shape index (κ1) is 19.3. The van der Waals surface area contributed by atoms with Crippen molar-refractivity contribution in [2.24, 2.45) is 7.05 Å². The number of rotatable bonds is 4. The number of fused-ring (bicyclic) bond motifs is 1. The highest BCUT2D eigenvalue weighted by molar-refractivity contribution is 6.33. The number of aromatic nitrogens is 3. The molecule has 27 heavy (non-hydrogen) atoms. The van der Waals surface area contributed by atoms with Crippen LogP contribution < -0.4 is 10.3 Å². The predicted molar refractivity (Wildman–Crippen MR) is 96.3 cm³/mol. The molecule has 0 aliphatic rings. The maximum atomic E-state index is 14.2. The average Bonchev–Trinajstić information content (AvgIpc) is 2.91. The maximum Gasteiger partial charge on any atom is 0.387 e. The van der Waals surface area contributed by atoms with Crippen molar-refractivity contribution in [3.8, 4) is 17.1 Å². The van der Waals surface area contributed by atoms with Crippen LogP contribution >= 0.6 is 11.6 Å². The molecule has 0 fully saturated rings. The van der Waals surface area contributed by atoms with Gasteiger partial charge in [0.15, 0.2) is 17.4 Å². The van der Waals surface area contributed by atoms with E-state index in [0.717, 1.165) is 23.4 Å². The van der Waals surface area contributed by atoms with Crippen molar-refractivity contribution in [3.05, 3.63) is 50.7 Å². The van der Waals surface area contributed by atoms with Gasteiger partial charge < -0.3 is 4.74 Å². The summed E-state index contributed by atoms with van der Waals surface area (Å²) in [7, 11) is 1.49. The molecule has 0 bridgehead atoms. The third kappa shape index (κ3) is 3.29. The van der Waals surface area contributed by atoms with Gasteiger partial charge in [0.05, 0.1) is 5.02 Å². The summed E-state index contributed by atoms with van der Waals surface area (Å²) in [5.41, 5.74) is 1.80. The molecule has 0 N–H and O–H groups in total. The van der Waals surface area contributed by atoms with E-state index < -0.39 is 18.2 Å². The summed E-state index contributed by atoms with van der Waals surface area (Å²) < 4.78 is 45.8. The smallest absolute Gasteiger partial charge is 0.387 e. The first-order valence-corrected chi connectivity index (χ1v) is 8.53. The Hall–Kier alpha value is -2.48. The van der Waals surface area contributed by atoms with Crippen molar-refractivity contribution in [2.75, 3.05) is 0 Å². The van der Waals surface area contributed by atoms with E-state index in [4.69, 9.17) is 11.6 Å². The van der Waals surface area contributed by atoms with Gasteiger partial charge in [0.25, 0.3) is 5.56 Å². The predicted octanol–water partition coefficient (Wildman–Crippen LogP) is 4.53. The molecule has 0 unspecified atom stereocenters. The van der Waals surface area contributed by atoms with Gasteiger partial charge in [-0.25, -0.2) is 8.91 Å². The van der Waals surface area contributed by atoms with Gasteiger partial charge in [-0.15, -0.1) is 5.10 Å². The first-order chi connectivity index (χ1) is 12.6. The molecule has 0 spiro atoms. The SMILES string of the molecule is Cc1cc(C(C)C)c2c(=O)n(C)c(-c3cc(F)c(OC(F)F)cc3Cl)nn12. The number of hydrogen-bond donors (Lipinski definition) is 0. The van der Waals surface area contributed by atoms with Crippen molar-refractivity contribution in [2.45, 2.75) is 33.3 Å². The van der Waals surface area contributed by atoms with Crippen LogP contribution in [0.1, 0.15) is 31.0 Å². The molecule has 0 saturated heterocycles. The van der Waals surface area contributed by atoms with Crippen LogP contribution in [0.4, 0.5) is 13.2 Å². The van der Waals surface area contributed by atoms with Crippen LogP contribution in [0.2, 0.25) is 5.02 Å². The minimum atomic E-state index is -3.18. The standard InChI is InChI=1S/C18H17ClF3N3O2/c1-8(2)10-5-9(3)25-15(10)17(26)24(4)16(23-25)11-6-13(20)14(7-12(11)19)27-18(21)22/h5-8,18H,1-4H3. The van der Waals surface area contributed by atoms with E-state index in [9.17, 15) is 18.0 Å². The van der Waals surface area contributed by atoms with Crippen LogP contribution in [0.15, 0.2) is 23.0 Å². The largest absolute Gasteiger partial charge is 0.432 e. The molecule has 0 radical (unpaired) electrons. The van der Waals surface area contributed by atoms with Crippen molar-refractivity contribution < 1.29 is 17.9 Å². The zero-order chi connectivity index (χ0) is 20.0. The Balaban J connectivity index is 2.27. The fourth-order valence-electron chi connectivity index (χ4n) is 2.97. The van der Waals surface area contributed by atoms with Gasteiger partial charge in [0.1, 0.15) is 5.52 Å². The highest BCUT2D eigenvalue weighted by atomic mass is 35.5. The van der Waals surface area contributed by atoms with Crippen LogP contribution in [-0.4, -0.2) is 20.8 Å². The fraction of sp³-hybridized carbons (Fsp3) is 0.333. The average molecular weight is 400 g/mol. The molecule has 3 aromatic rings. The Morgan fingerprint density at radius 2 is 1.89 bits per heavy atom. The van der Waals surface area contributed by atoms with Crippen LogP contribution in [0, 0.1) is 12.7 Å². The Bertz CT molecular complexity index is 1090. The van der Waals surface area contributed by atoms with Gasteiger partial charge in [-0.2, -0.15) is 8.78 Å². The lowest BCUT2D eigenvalue weighted by atomic mass is 10.1. The van der Waals surface area contributed by atoms with Crippen LogP contribution in [-0.2, 0) is 7.05 Å². The highest BCUT2D eigenvalue weighted by Gasteiger charge is 2.21. The molecule has 0 amide bonds. The highest BCUT2D eigenvalue weighted by Crippen LogP contribution is 2.33. The third-order valence-corrected chi connectivity index (χ3v) is 4.62. The number of hydrogen-bond acceptors (Lipinski definition) is 3. The zero-order valence-electron chi connectivity index (χ0n) is 15.1. The van der Waals surface area contributed by atoms with E-state index in [1.807, 2.05) is 19.9 Å². The lowest BCUT2D eigenvalue weighted by molar-refractivity contribution is -0.0521. The van der Waals surface area contributed by atoms with Crippen molar-refractivity contribution >= 4 is 17.1 Å². The summed E-state index contributed by atoms with van der Waals surface area (Å²) >= 11 is 6.13. The lowest BCUT2D eigenvalue weighted by Crippen LogP contribution is -2.24. The number of ether oxygens (including phenoxy) is 1. The number of aryl methyl sites for hydroxylation is 1. The second-order valence-corrected chi connectivity index (χ2v) is 6.89. The molecule has 0 aliphatic heterocycles. The van der Waals surface area contributed by atoms with Crippen LogP contribution in [0.3, 0.4) is 0 Å². The molecular formula is C18H17ClF3N3O2. The molecule has 5 nitrogen and oxygen atoms in total. The minimum Gasteiger partial charge on any atom is -0.432 e. The molecule has 0 aliphatic carbocycles. The Kier molecular flexibility index (Phi) is 4.94. The number of alkyl halides is 2. The van der Waals surface area contributed by atoms with Crippen molar-refractivity contribution in [3.63, 3.8) is 0 Å². The van der Waals surface area contributed by atoms with Gasteiger partial charge in [0, 0.05) is 24.4 Å². The Morgan fingerprint density at radius 3 is 2.48 bits per heavy atom. The molecule has 9 heteroatoms. The molecule has 0 saturated carbocycles. The third-order valence-electron chi connectivity index (χ3n) is 4.30. The fourth-order valence-corrected chi connectivity index (χ4v) is 3.21. The van der Waals surface area contributed by atoms with Gasteiger partial charge >= 0.3 is 6.61 Å².